The Kier molecular flexibility index (Phi) is 8.95. The van der Waals surface area contributed by atoms with Crippen molar-refractivity contribution in [2.45, 2.75) is 27.3 Å². The lowest BCUT2D eigenvalue weighted by molar-refractivity contribution is -0.124. The van der Waals surface area contributed by atoms with Crippen molar-refractivity contribution in [1.82, 2.24) is 25.3 Å². The van der Waals surface area contributed by atoms with Crippen molar-refractivity contribution in [3.05, 3.63) is 22.5 Å². The van der Waals surface area contributed by atoms with E-state index in [1.165, 1.54) is 6.08 Å². The van der Waals surface area contributed by atoms with Gasteiger partial charge in [0.25, 0.3) is 0 Å². The second-order valence-electron chi connectivity index (χ2n) is 7.22. The fraction of sp³-hybridized carbons (Fsp3) is 0.632. The van der Waals surface area contributed by atoms with Crippen LogP contribution in [0.4, 0.5) is 0 Å². The fourth-order valence-electron chi connectivity index (χ4n) is 2.85. The van der Waals surface area contributed by atoms with Crippen LogP contribution in [0.15, 0.2) is 6.08 Å². The van der Waals surface area contributed by atoms with E-state index in [9.17, 15) is 9.59 Å². The van der Waals surface area contributed by atoms with Crippen LogP contribution in [0.25, 0.3) is 6.08 Å². The van der Waals surface area contributed by atoms with Crippen LogP contribution in [-0.4, -0.2) is 72.4 Å². The third-order valence-corrected chi connectivity index (χ3v) is 4.72. The van der Waals surface area contributed by atoms with Gasteiger partial charge in [0.2, 0.25) is 11.8 Å². The number of ether oxygens (including phenoxy) is 1. The first-order chi connectivity index (χ1) is 13.4. The maximum Gasteiger partial charge on any atom is 0.244 e. The van der Waals surface area contributed by atoms with Gasteiger partial charge in [0.1, 0.15) is 5.15 Å². The Balaban J connectivity index is 1.72. The molecule has 0 aliphatic carbocycles. The summed E-state index contributed by atoms with van der Waals surface area (Å²) in [5.41, 5.74) is 1.47. The highest BCUT2D eigenvalue weighted by Gasteiger charge is 2.13. The molecular weight excluding hydrogens is 382 g/mol. The molecule has 156 valence electrons. The number of hydrogen-bond donors (Lipinski definition) is 2. The van der Waals surface area contributed by atoms with E-state index in [0.717, 1.165) is 38.5 Å². The highest BCUT2D eigenvalue weighted by molar-refractivity contribution is 6.31. The maximum absolute atomic E-state index is 12.0. The molecule has 0 saturated carbocycles. The van der Waals surface area contributed by atoms with Gasteiger partial charge in [-0.2, -0.15) is 5.10 Å². The molecule has 1 aromatic rings. The lowest BCUT2D eigenvalue weighted by Gasteiger charge is -2.26. The first-order valence-electron chi connectivity index (χ1n) is 9.62. The quantitative estimate of drug-likeness (QED) is 0.593. The number of halogens is 1. The van der Waals surface area contributed by atoms with E-state index >= 15 is 0 Å². The summed E-state index contributed by atoms with van der Waals surface area (Å²) in [6.45, 7) is 11.2. The molecule has 1 aliphatic heterocycles. The summed E-state index contributed by atoms with van der Waals surface area (Å²) in [6, 6.07) is 0. The Morgan fingerprint density at radius 2 is 2.00 bits per heavy atom. The number of amides is 2. The molecule has 0 radical (unpaired) electrons. The normalized spacial score (nSPS) is 15.3. The number of nitrogens with zero attached hydrogens (tertiary/aromatic N) is 3. The molecule has 0 aromatic carbocycles. The van der Waals surface area contributed by atoms with Crippen LogP contribution in [0.1, 0.15) is 25.1 Å². The first kappa shape index (κ1) is 22.4. The van der Waals surface area contributed by atoms with Crippen molar-refractivity contribution in [3.8, 4) is 0 Å². The predicted molar refractivity (Wildman–Crippen MR) is 109 cm³/mol. The van der Waals surface area contributed by atoms with Gasteiger partial charge in [0, 0.05) is 44.4 Å². The van der Waals surface area contributed by atoms with Gasteiger partial charge in [-0.3, -0.25) is 19.2 Å². The molecule has 1 saturated heterocycles. The van der Waals surface area contributed by atoms with E-state index < -0.39 is 0 Å². The minimum Gasteiger partial charge on any atom is -0.379 e. The summed E-state index contributed by atoms with van der Waals surface area (Å²) in [7, 11) is 0. The van der Waals surface area contributed by atoms with Crippen molar-refractivity contribution >= 4 is 29.5 Å². The molecular formula is C19H30ClN5O3. The van der Waals surface area contributed by atoms with Crippen molar-refractivity contribution in [2.24, 2.45) is 5.92 Å². The average Bonchev–Trinajstić information content (AvgIpc) is 2.91. The number of morpholine rings is 1. The number of hydrogen-bond acceptors (Lipinski definition) is 5. The second kappa shape index (κ2) is 11.2. The van der Waals surface area contributed by atoms with Crippen LogP contribution >= 0.6 is 11.6 Å². The van der Waals surface area contributed by atoms with Crippen molar-refractivity contribution in [1.29, 1.82) is 0 Å². The summed E-state index contributed by atoms with van der Waals surface area (Å²) in [6.07, 6.45) is 3.00. The summed E-state index contributed by atoms with van der Waals surface area (Å²) >= 11 is 6.35. The molecule has 2 heterocycles. The fourth-order valence-corrected chi connectivity index (χ4v) is 3.16. The molecule has 0 atom stereocenters. The minimum atomic E-state index is -0.351. The second-order valence-corrected chi connectivity index (χ2v) is 7.58. The third-order valence-electron chi connectivity index (χ3n) is 4.33. The standard InChI is InChI=1S/C19H30ClN5O3/c1-14(2)13-25-19(20)16(15(3)23-25)4-5-17(26)22-12-18(27)21-6-7-24-8-10-28-11-9-24/h4-5,14H,6-13H2,1-3H3,(H,21,27)(H,22,26). The summed E-state index contributed by atoms with van der Waals surface area (Å²) in [4.78, 5) is 26.1. The highest BCUT2D eigenvalue weighted by atomic mass is 35.5. The van der Waals surface area contributed by atoms with Gasteiger partial charge in [-0.25, -0.2) is 0 Å². The lowest BCUT2D eigenvalue weighted by Crippen LogP contribution is -2.43. The number of aromatic nitrogens is 2. The van der Waals surface area contributed by atoms with Crippen molar-refractivity contribution < 1.29 is 14.3 Å². The molecule has 1 fully saturated rings. The third kappa shape index (κ3) is 7.26. The van der Waals surface area contributed by atoms with Crippen molar-refractivity contribution in [2.75, 3.05) is 45.9 Å². The van der Waals surface area contributed by atoms with Gasteiger partial charge >= 0.3 is 0 Å². The minimum absolute atomic E-state index is 0.0639. The van der Waals surface area contributed by atoms with Crippen LogP contribution in [0, 0.1) is 12.8 Å². The Morgan fingerprint density at radius 3 is 2.68 bits per heavy atom. The zero-order chi connectivity index (χ0) is 20.5. The summed E-state index contributed by atoms with van der Waals surface area (Å²) in [5, 5.41) is 10.3. The van der Waals surface area contributed by atoms with E-state index in [0.29, 0.717) is 29.7 Å². The van der Waals surface area contributed by atoms with Crippen LogP contribution < -0.4 is 10.6 Å². The smallest absolute Gasteiger partial charge is 0.244 e. The molecule has 0 unspecified atom stereocenters. The molecule has 9 heteroatoms. The summed E-state index contributed by atoms with van der Waals surface area (Å²) in [5.74, 6) is -0.150. The zero-order valence-electron chi connectivity index (χ0n) is 16.8. The van der Waals surface area contributed by atoms with Crippen molar-refractivity contribution in [3.63, 3.8) is 0 Å². The number of nitrogens with one attached hydrogen (secondary N) is 2. The number of rotatable bonds is 9. The Morgan fingerprint density at radius 1 is 1.29 bits per heavy atom. The number of aryl methyl sites for hydroxylation is 1. The summed E-state index contributed by atoms with van der Waals surface area (Å²) < 4.78 is 7.02. The van der Waals surface area contributed by atoms with Crippen LogP contribution in [0.2, 0.25) is 5.15 Å². The SMILES string of the molecule is Cc1nn(CC(C)C)c(Cl)c1C=CC(=O)NCC(=O)NCCN1CCOCC1. The van der Waals surface area contributed by atoms with Gasteiger partial charge in [-0.15, -0.1) is 0 Å². The molecule has 2 rings (SSSR count). The molecule has 0 spiro atoms. The van der Waals surface area contributed by atoms with Gasteiger partial charge in [0.05, 0.1) is 25.5 Å². The van der Waals surface area contributed by atoms with Gasteiger partial charge in [-0.05, 0) is 18.9 Å². The number of carbonyl (C=O) groups excluding carboxylic acids is 2. The Bertz CT molecular complexity index is 696. The average molecular weight is 412 g/mol. The van der Waals surface area contributed by atoms with Gasteiger partial charge in [0.15, 0.2) is 0 Å². The molecule has 1 aromatic heterocycles. The van der Waals surface area contributed by atoms with E-state index in [1.54, 1.807) is 10.8 Å². The molecule has 2 amide bonds. The first-order valence-corrected chi connectivity index (χ1v) is 10.00. The largest absolute Gasteiger partial charge is 0.379 e. The van der Waals surface area contributed by atoms with E-state index in [2.05, 4.69) is 34.5 Å². The Labute approximate surface area is 171 Å². The maximum atomic E-state index is 12.0. The Hall–Kier alpha value is -1.90. The molecule has 1 aliphatic rings. The van der Waals surface area contributed by atoms with Crippen LogP contribution in [-0.2, 0) is 20.9 Å². The molecule has 8 nitrogen and oxygen atoms in total. The van der Waals surface area contributed by atoms with Crippen LogP contribution in [0.3, 0.4) is 0 Å². The molecule has 28 heavy (non-hydrogen) atoms. The topological polar surface area (TPSA) is 88.5 Å². The van der Waals surface area contributed by atoms with Gasteiger partial charge in [-0.1, -0.05) is 25.4 Å². The number of carbonyl (C=O) groups is 2. The lowest BCUT2D eigenvalue weighted by atomic mass is 10.2. The molecule has 2 N–H and O–H groups in total. The highest BCUT2D eigenvalue weighted by Crippen LogP contribution is 2.22. The monoisotopic (exact) mass is 411 g/mol. The van der Waals surface area contributed by atoms with E-state index in [1.807, 2.05) is 6.92 Å². The van der Waals surface area contributed by atoms with Crippen LogP contribution in [0.5, 0.6) is 0 Å². The zero-order valence-corrected chi connectivity index (χ0v) is 17.6. The molecule has 0 bridgehead atoms. The van der Waals surface area contributed by atoms with Gasteiger partial charge < -0.3 is 15.4 Å². The van der Waals surface area contributed by atoms with E-state index in [4.69, 9.17) is 16.3 Å². The predicted octanol–water partition coefficient (Wildman–Crippen LogP) is 1.08. The van der Waals surface area contributed by atoms with E-state index in [-0.39, 0.29) is 18.4 Å².